The van der Waals surface area contributed by atoms with Gasteiger partial charge in [-0.15, -0.1) is 0 Å². The van der Waals surface area contributed by atoms with Crippen molar-refractivity contribution in [1.29, 1.82) is 0 Å². The van der Waals surface area contributed by atoms with Crippen LogP contribution >= 0.6 is 0 Å². The van der Waals surface area contributed by atoms with E-state index in [9.17, 15) is 35.9 Å². The summed E-state index contributed by atoms with van der Waals surface area (Å²) < 4.78 is 130. The Hall–Kier alpha value is -5.08. The predicted octanol–water partition coefficient (Wildman–Crippen LogP) is 7.05. The maximum Gasteiger partial charge on any atom is 0.293 e. The molecule has 1 fully saturated rings. The SMILES string of the molecule is Cn1nc(CS(C)(=O)=O)c2c(F)ccc(-c3ccc(C#CC(C)(C)O)nc3[C@@H](CC(=O)Cn3nc(C(F)F)c4c3C(F)(F)[C@@H]3C[C@H]43)Cc3cc(F)cc(F)c3)c21. The molecule has 5 aromatic rings. The smallest absolute Gasteiger partial charge is 0.293 e. The number of aromatic nitrogens is 5. The van der Waals surface area contributed by atoms with Gasteiger partial charge in [-0.3, -0.25) is 14.2 Å². The summed E-state index contributed by atoms with van der Waals surface area (Å²) in [4.78, 5) is 18.7. The number of benzene rings is 2. The molecule has 2 aliphatic rings. The van der Waals surface area contributed by atoms with Crippen LogP contribution in [0.4, 0.5) is 30.7 Å². The van der Waals surface area contributed by atoms with Gasteiger partial charge in [0.2, 0.25) is 0 Å². The lowest BCUT2D eigenvalue weighted by atomic mass is 9.86. The number of halogens is 7. The number of carbonyl (C=O) groups is 1. The number of aliphatic hydroxyl groups is 1. The Morgan fingerprint density at radius 1 is 1.04 bits per heavy atom. The van der Waals surface area contributed by atoms with Crippen LogP contribution in [-0.4, -0.2) is 55.7 Å². The van der Waals surface area contributed by atoms with Crippen molar-refractivity contribution in [2.24, 2.45) is 13.0 Å². The van der Waals surface area contributed by atoms with Gasteiger partial charge in [0.1, 0.15) is 46.7 Å². The van der Waals surface area contributed by atoms with Gasteiger partial charge < -0.3 is 5.11 Å². The third kappa shape index (κ3) is 7.56. The Morgan fingerprint density at radius 3 is 2.36 bits per heavy atom. The van der Waals surface area contributed by atoms with E-state index in [0.29, 0.717) is 10.7 Å². The third-order valence-corrected chi connectivity index (χ3v) is 10.7. The number of carbonyl (C=O) groups excluding carboxylic acids is 1. The Kier molecular flexibility index (Phi) is 9.68. The highest BCUT2D eigenvalue weighted by Crippen LogP contribution is 2.68. The summed E-state index contributed by atoms with van der Waals surface area (Å²) in [5.74, 6) is -5.14. The predicted molar refractivity (Wildman–Crippen MR) is 190 cm³/mol. The van der Waals surface area contributed by atoms with Crippen LogP contribution in [0.1, 0.15) is 84.5 Å². The molecule has 7 rings (SSSR count). The number of alkyl halides is 4. The number of hydrogen-bond acceptors (Lipinski definition) is 7. The van der Waals surface area contributed by atoms with E-state index in [-0.39, 0.29) is 63.1 Å². The van der Waals surface area contributed by atoms with Crippen molar-refractivity contribution >= 4 is 26.5 Å². The molecule has 17 heteroatoms. The molecule has 0 saturated heterocycles. The second-order valence-electron chi connectivity index (χ2n) is 15.0. The molecule has 3 atom stereocenters. The Bertz CT molecular complexity index is 2580. The summed E-state index contributed by atoms with van der Waals surface area (Å²) >= 11 is 0. The van der Waals surface area contributed by atoms with Gasteiger partial charge in [-0.1, -0.05) is 5.92 Å². The molecule has 0 aliphatic heterocycles. The number of Topliss-reactive ketones (excluding diaryl/α,β-unsaturated/α-hetero) is 1. The van der Waals surface area contributed by atoms with Crippen LogP contribution in [0, 0.1) is 35.2 Å². The second kappa shape index (κ2) is 13.8. The Morgan fingerprint density at radius 2 is 1.71 bits per heavy atom. The van der Waals surface area contributed by atoms with E-state index >= 15 is 13.2 Å². The zero-order chi connectivity index (χ0) is 40.6. The highest BCUT2D eigenvalue weighted by Gasteiger charge is 2.67. The first-order valence-corrected chi connectivity index (χ1v) is 19.5. The van der Waals surface area contributed by atoms with Crippen molar-refractivity contribution in [2.75, 3.05) is 6.26 Å². The number of sulfone groups is 1. The normalized spacial score (nSPS) is 17.8. The third-order valence-electron chi connectivity index (χ3n) is 9.88. The van der Waals surface area contributed by atoms with Crippen LogP contribution in [0.5, 0.6) is 0 Å². The summed E-state index contributed by atoms with van der Waals surface area (Å²) in [7, 11) is -2.20. The molecular weight excluding hydrogens is 768 g/mol. The van der Waals surface area contributed by atoms with Gasteiger partial charge in [0.15, 0.2) is 15.6 Å². The van der Waals surface area contributed by atoms with Crippen molar-refractivity contribution in [3.8, 4) is 23.0 Å². The number of rotatable bonds is 11. The van der Waals surface area contributed by atoms with E-state index in [2.05, 4.69) is 22.0 Å². The van der Waals surface area contributed by atoms with Crippen molar-refractivity contribution in [3.63, 3.8) is 0 Å². The van der Waals surface area contributed by atoms with Crippen LogP contribution in [0.3, 0.4) is 0 Å². The number of aryl methyl sites for hydroxylation is 1. The van der Waals surface area contributed by atoms with E-state index < -0.39 is 98.9 Å². The second-order valence-corrected chi connectivity index (χ2v) is 17.1. The monoisotopic (exact) mass is 801 g/mol. The van der Waals surface area contributed by atoms with Crippen molar-refractivity contribution < 1.29 is 49.1 Å². The molecular formula is C39H34F7N5O4S. The Balaban J connectivity index is 1.39. The zero-order valence-corrected chi connectivity index (χ0v) is 31.2. The van der Waals surface area contributed by atoms with Crippen molar-refractivity contribution in [3.05, 3.63) is 99.5 Å². The average molecular weight is 802 g/mol. The van der Waals surface area contributed by atoms with Crippen LogP contribution in [0.15, 0.2) is 42.5 Å². The summed E-state index contributed by atoms with van der Waals surface area (Å²) in [6.07, 6.45) is -2.97. The number of fused-ring (bicyclic) bond motifs is 4. The molecule has 0 radical (unpaired) electrons. The van der Waals surface area contributed by atoms with Gasteiger partial charge in [-0.25, -0.2) is 35.4 Å². The molecule has 0 amide bonds. The van der Waals surface area contributed by atoms with Crippen LogP contribution in [-0.2, 0) is 46.3 Å². The van der Waals surface area contributed by atoms with Gasteiger partial charge in [-0.05, 0) is 80.5 Å². The molecule has 9 nitrogen and oxygen atoms in total. The van der Waals surface area contributed by atoms with E-state index in [1.165, 1.54) is 37.7 Å². The van der Waals surface area contributed by atoms with Crippen LogP contribution in [0.2, 0.25) is 0 Å². The quantitative estimate of drug-likeness (QED) is 0.112. The van der Waals surface area contributed by atoms with Crippen LogP contribution in [0.25, 0.3) is 22.0 Å². The van der Waals surface area contributed by atoms with Gasteiger partial charge in [0.05, 0.1) is 28.0 Å². The molecule has 56 heavy (non-hydrogen) atoms. The van der Waals surface area contributed by atoms with E-state index in [4.69, 9.17) is 4.98 Å². The highest BCUT2D eigenvalue weighted by atomic mass is 32.2. The minimum Gasteiger partial charge on any atom is -0.378 e. The summed E-state index contributed by atoms with van der Waals surface area (Å²) in [5, 5.41) is 18.2. The average Bonchev–Trinajstić information content (AvgIpc) is 3.62. The summed E-state index contributed by atoms with van der Waals surface area (Å²) in [5.41, 5.74) is -2.41. The topological polar surface area (TPSA) is 120 Å². The number of pyridine rings is 1. The first kappa shape index (κ1) is 39.2. The summed E-state index contributed by atoms with van der Waals surface area (Å²) in [6, 6.07) is 8.23. The van der Waals surface area contributed by atoms with Gasteiger partial charge in [0, 0.05) is 54.3 Å². The first-order chi connectivity index (χ1) is 26.1. The standard InChI is InChI=1S/C39H34F7N5O4S/c1-38(2,53)10-9-23-5-6-25(26-7-8-29(42)32-30(18-56(4,54)55)48-50(3)35(26)32)33(47-23)20(11-19-12-21(40)15-22(41)13-19)14-24(52)17-51-36-31(34(49-51)37(43)44)27-16-28(27)39(36,45)46/h5-8,12-13,15,20,27-28,37,53H,11,14,16-18H2,1-4H3/t20-,27+,28-/m1/s1. The van der Waals surface area contributed by atoms with Gasteiger partial charge in [0.25, 0.3) is 12.3 Å². The van der Waals surface area contributed by atoms with E-state index in [0.717, 1.165) is 24.5 Å². The van der Waals surface area contributed by atoms with E-state index in [1.807, 2.05) is 0 Å². The van der Waals surface area contributed by atoms with Crippen molar-refractivity contribution in [2.45, 2.75) is 75.2 Å². The van der Waals surface area contributed by atoms with E-state index in [1.54, 1.807) is 6.07 Å². The summed E-state index contributed by atoms with van der Waals surface area (Å²) in [6.45, 7) is 2.03. The van der Waals surface area contributed by atoms with Crippen LogP contribution < -0.4 is 0 Å². The van der Waals surface area contributed by atoms with Gasteiger partial charge >= 0.3 is 0 Å². The minimum absolute atomic E-state index is 0.0236. The molecule has 294 valence electrons. The lowest BCUT2D eigenvalue weighted by Gasteiger charge is -2.21. The maximum atomic E-state index is 15.5. The lowest BCUT2D eigenvalue weighted by Crippen LogP contribution is -2.24. The molecule has 0 bridgehead atoms. The molecule has 1 N–H and O–H groups in total. The minimum atomic E-state index is -3.68. The van der Waals surface area contributed by atoms with Crippen molar-refractivity contribution in [1.82, 2.24) is 24.5 Å². The number of ketones is 1. The Labute approximate surface area is 316 Å². The molecule has 0 unspecified atom stereocenters. The fourth-order valence-corrected chi connectivity index (χ4v) is 8.39. The number of hydrogen-bond donors (Lipinski definition) is 1. The first-order valence-electron chi connectivity index (χ1n) is 17.4. The largest absolute Gasteiger partial charge is 0.378 e. The molecule has 1 saturated carbocycles. The highest BCUT2D eigenvalue weighted by molar-refractivity contribution is 7.89. The fourth-order valence-electron chi connectivity index (χ4n) is 7.69. The molecule has 2 aliphatic carbocycles. The molecule has 0 spiro atoms. The van der Waals surface area contributed by atoms with Gasteiger partial charge in [-0.2, -0.15) is 19.0 Å². The zero-order valence-electron chi connectivity index (χ0n) is 30.3. The molecule has 2 aromatic carbocycles. The maximum absolute atomic E-state index is 15.5. The fraction of sp³-hybridized carbons (Fsp3) is 0.385. The lowest BCUT2D eigenvalue weighted by molar-refractivity contribution is -0.120. The molecule has 3 heterocycles. The molecule has 3 aromatic heterocycles. The number of nitrogens with zero attached hydrogens (tertiary/aromatic N) is 5.